The number of piperazine rings is 1. The second-order valence-electron chi connectivity index (χ2n) is 11.2. The minimum absolute atomic E-state index is 0.0304. The molecule has 0 spiro atoms. The van der Waals surface area contributed by atoms with Gasteiger partial charge in [-0.2, -0.15) is 0 Å². The van der Waals surface area contributed by atoms with Crippen LogP contribution in [-0.4, -0.2) is 59.9 Å². The van der Waals surface area contributed by atoms with Crippen molar-refractivity contribution in [3.8, 4) is 0 Å². The van der Waals surface area contributed by atoms with Crippen molar-refractivity contribution < 1.29 is 9.21 Å². The molecule has 0 atom stereocenters. The first-order chi connectivity index (χ1) is 19.7. The highest BCUT2D eigenvalue weighted by molar-refractivity contribution is 5.91. The van der Waals surface area contributed by atoms with Crippen LogP contribution < -0.4 is 0 Å². The van der Waals surface area contributed by atoms with Crippen LogP contribution >= 0.6 is 0 Å². The van der Waals surface area contributed by atoms with Gasteiger partial charge in [-0.15, -0.1) is 0 Å². The lowest BCUT2D eigenvalue weighted by Gasteiger charge is -2.39. The van der Waals surface area contributed by atoms with Crippen LogP contribution in [0.15, 0.2) is 108 Å². The van der Waals surface area contributed by atoms with Crippen molar-refractivity contribution in [2.45, 2.75) is 31.8 Å². The molecule has 5 nitrogen and oxygen atoms in total. The number of carbonyl (C=O) groups excluding carboxylic acids is 1. The number of carbonyl (C=O) groups is 1. The fourth-order valence-electron chi connectivity index (χ4n) is 6.31. The van der Waals surface area contributed by atoms with Crippen LogP contribution in [0.3, 0.4) is 0 Å². The lowest BCUT2D eigenvalue weighted by molar-refractivity contribution is 0.0650. The molecule has 5 heteroatoms. The van der Waals surface area contributed by atoms with Crippen molar-refractivity contribution in [1.82, 2.24) is 14.7 Å². The van der Waals surface area contributed by atoms with Gasteiger partial charge in [0.1, 0.15) is 5.76 Å². The molecule has 40 heavy (non-hydrogen) atoms. The van der Waals surface area contributed by atoms with Crippen LogP contribution in [0.2, 0.25) is 0 Å². The van der Waals surface area contributed by atoms with Crippen LogP contribution in [0.4, 0.5) is 0 Å². The molecule has 0 saturated carbocycles. The highest BCUT2D eigenvalue weighted by Gasteiger charge is 2.28. The number of amides is 1. The Morgan fingerprint density at radius 1 is 0.700 bits per heavy atom. The monoisotopic (exact) mass is 533 g/mol. The van der Waals surface area contributed by atoms with Gasteiger partial charge in [-0.25, -0.2) is 0 Å². The van der Waals surface area contributed by atoms with Crippen molar-refractivity contribution in [1.29, 1.82) is 0 Å². The fourth-order valence-corrected chi connectivity index (χ4v) is 6.31. The van der Waals surface area contributed by atoms with Crippen molar-refractivity contribution in [3.05, 3.63) is 131 Å². The van der Waals surface area contributed by atoms with Gasteiger partial charge < -0.3 is 9.32 Å². The van der Waals surface area contributed by atoms with E-state index < -0.39 is 0 Å². The van der Waals surface area contributed by atoms with Crippen LogP contribution in [0.1, 0.15) is 51.9 Å². The number of hydrogen-bond acceptors (Lipinski definition) is 4. The number of furan rings is 1. The third-order valence-corrected chi connectivity index (χ3v) is 8.52. The van der Waals surface area contributed by atoms with E-state index in [0.717, 1.165) is 70.8 Å². The summed E-state index contributed by atoms with van der Waals surface area (Å²) in [5.41, 5.74) is 4.06. The van der Waals surface area contributed by atoms with E-state index in [2.05, 4.69) is 101 Å². The summed E-state index contributed by atoms with van der Waals surface area (Å²) in [6.07, 6.45) is 3.19. The average molecular weight is 534 g/mol. The van der Waals surface area contributed by atoms with Crippen LogP contribution in [0.5, 0.6) is 0 Å². The molecule has 2 aliphatic rings. The number of rotatable bonds is 8. The van der Waals surface area contributed by atoms with E-state index in [0.29, 0.717) is 11.7 Å². The molecule has 2 aliphatic heterocycles. The predicted molar refractivity (Wildman–Crippen MR) is 159 cm³/mol. The Morgan fingerprint density at radius 3 is 1.88 bits per heavy atom. The SMILES string of the molecule is O=C(c1ccc(CN2CCN(C(c3ccccc3)c3ccccc3)CC2)o1)N1CCC(Cc2ccccc2)CC1. The summed E-state index contributed by atoms with van der Waals surface area (Å²) in [5.74, 6) is 2.02. The number of likely N-dealkylation sites (tertiary alicyclic amines) is 1. The zero-order valence-electron chi connectivity index (χ0n) is 23.2. The summed E-state index contributed by atoms with van der Waals surface area (Å²) in [7, 11) is 0. The first-order valence-electron chi connectivity index (χ1n) is 14.7. The molecule has 3 heterocycles. The third-order valence-electron chi connectivity index (χ3n) is 8.52. The van der Waals surface area contributed by atoms with Crippen molar-refractivity contribution in [2.24, 2.45) is 5.92 Å². The van der Waals surface area contributed by atoms with Crippen molar-refractivity contribution in [3.63, 3.8) is 0 Å². The smallest absolute Gasteiger partial charge is 0.289 e. The first-order valence-corrected chi connectivity index (χ1v) is 14.7. The van der Waals surface area contributed by atoms with E-state index in [4.69, 9.17) is 4.42 Å². The maximum absolute atomic E-state index is 13.2. The second kappa shape index (κ2) is 12.7. The van der Waals surface area contributed by atoms with Gasteiger partial charge in [-0.1, -0.05) is 91.0 Å². The Morgan fingerprint density at radius 2 is 1.27 bits per heavy atom. The maximum Gasteiger partial charge on any atom is 0.289 e. The van der Waals surface area contributed by atoms with E-state index in [9.17, 15) is 4.79 Å². The molecule has 2 saturated heterocycles. The van der Waals surface area contributed by atoms with Gasteiger partial charge in [0.05, 0.1) is 12.6 Å². The highest BCUT2D eigenvalue weighted by atomic mass is 16.4. The number of benzene rings is 3. The van der Waals surface area contributed by atoms with E-state index in [1.165, 1.54) is 16.7 Å². The summed E-state index contributed by atoms with van der Waals surface area (Å²) < 4.78 is 6.09. The normalized spacial score (nSPS) is 17.4. The van der Waals surface area contributed by atoms with Gasteiger partial charge in [-0.05, 0) is 54.0 Å². The number of hydrogen-bond donors (Lipinski definition) is 0. The maximum atomic E-state index is 13.2. The summed E-state index contributed by atoms with van der Waals surface area (Å²) >= 11 is 0. The molecule has 2 fully saturated rings. The van der Waals surface area contributed by atoms with Crippen molar-refractivity contribution >= 4 is 5.91 Å². The molecule has 1 aromatic heterocycles. The van der Waals surface area contributed by atoms with E-state index in [1.54, 1.807) is 0 Å². The van der Waals surface area contributed by atoms with Gasteiger partial charge in [0.15, 0.2) is 5.76 Å². The first kappa shape index (κ1) is 26.5. The molecule has 6 rings (SSSR count). The fraction of sp³-hybridized carbons (Fsp3) is 0.343. The van der Waals surface area contributed by atoms with Crippen LogP contribution in [-0.2, 0) is 13.0 Å². The molecule has 0 radical (unpaired) electrons. The molecule has 4 aromatic rings. The third kappa shape index (κ3) is 6.38. The molecular formula is C35H39N3O2. The van der Waals surface area contributed by atoms with Gasteiger partial charge >= 0.3 is 0 Å². The molecule has 3 aromatic carbocycles. The average Bonchev–Trinajstić information content (AvgIpc) is 3.48. The number of piperidine rings is 1. The summed E-state index contributed by atoms with van der Waals surface area (Å²) in [6, 6.07) is 36.4. The van der Waals surface area contributed by atoms with E-state index in [1.807, 2.05) is 17.0 Å². The lowest BCUT2D eigenvalue weighted by Crippen LogP contribution is -2.47. The Balaban J connectivity index is 1.01. The topological polar surface area (TPSA) is 39.9 Å². The summed E-state index contributed by atoms with van der Waals surface area (Å²) in [6.45, 7) is 6.25. The van der Waals surface area contributed by atoms with Crippen LogP contribution in [0.25, 0.3) is 0 Å². The van der Waals surface area contributed by atoms with E-state index in [-0.39, 0.29) is 11.9 Å². The quantitative estimate of drug-likeness (QED) is 0.267. The van der Waals surface area contributed by atoms with Crippen LogP contribution in [0, 0.1) is 5.92 Å². The molecular weight excluding hydrogens is 494 g/mol. The Bertz CT molecular complexity index is 1300. The standard InChI is InChI=1S/C35H39N3O2/c39-35(38-20-18-29(19-21-38)26-28-10-4-1-5-11-28)33-17-16-32(40-33)27-36-22-24-37(25-23-36)34(30-12-6-2-7-13-30)31-14-8-3-9-15-31/h1-17,29,34H,18-27H2. The molecule has 1 amide bonds. The van der Waals surface area contributed by atoms with Gasteiger partial charge in [0.25, 0.3) is 5.91 Å². The van der Waals surface area contributed by atoms with Crippen molar-refractivity contribution in [2.75, 3.05) is 39.3 Å². The molecule has 206 valence electrons. The summed E-state index contributed by atoms with van der Waals surface area (Å²) in [4.78, 5) is 20.2. The Kier molecular flexibility index (Phi) is 8.41. The Labute approximate surface area is 238 Å². The largest absolute Gasteiger partial charge is 0.455 e. The highest BCUT2D eigenvalue weighted by Crippen LogP contribution is 2.30. The molecule has 0 bridgehead atoms. The predicted octanol–water partition coefficient (Wildman–Crippen LogP) is 6.28. The summed E-state index contributed by atoms with van der Waals surface area (Å²) in [5, 5.41) is 0. The second-order valence-corrected chi connectivity index (χ2v) is 11.2. The zero-order valence-corrected chi connectivity index (χ0v) is 23.2. The van der Waals surface area contributed by atoms with Gasteiger partial charge in [-0.3, -0.25) is 14.6 Å². The molecule has 0 unspecified atom stereocenters. The minimum atomic E-state index is 0.0304. The van der Waals surface area contributed by atoms with E-state index >= 15 is 0 Å². The lowest BCUT2D eigenvalue weighted by atomic mass is 9.90. The zero-order chi connectivity index (χ0) is 27.1. The number of nitrogens with zero attached hydrogens (tertiary/aromatic N) is 3. The van der Waals surface area contributed by atoms with Gasteiger partial charge in [0.2, 0.25) is 0 Å². The van der Waals surface area contributed by atoms with Gasteiger partial charge in [0, 0.05) is 39.3 Å². The molecule has 0 N–H and O–H groups in total. The Hall–Kier alpha value is -3.67. The molecule has 0 aliphatic carbocycles. The minimum Gasteiger partial charge on any atom is -0.455 e.